The van der Waals surface area contributed by atoms with Crippen LogP contribution in [0.15, 0.2) is 29.2 Å². The summed E-state index contributed by atoms with van der Waals surface area (Å²) >= 11 is 0. The van der Waals surface area contributed by atoms with Crippen LogP contribution in [0.4, 0.5) is 0 Å². The van der Waals surface area contributed by atoms with Gasteiger partial charge in [0, 0.05) is 33.3 Å². The smallest absolute Gasteiger partial charge is 0.251 e. The number of hydrogen-bond acceptors (Lipinski definition) is 4. The normalized spacial score (nSPS) is 11.6. The predicted octanol–water partition coefficient (Wildman–Crippen LogP) is 0.313. The average Bonchev–Trinajstić information content (AvgIpc) is 2.39. The van der Waals surface area contributed by atoms with Crippen LogP contribution in [0.2, 0.25) is 0 Å². The molecule has 0 aliphatic carbocycles. The molecule has 0 saturated carbocycles. The second-order valence-electron chi connectivity index (χ2n) is 4.06. The second-order valence-corrected chi connectivity index (χ2v) is 6.21. The first kappa shape index (κ1) is 15.6. The zero-order valence-electron chi connectivity index (χ0n) is 11.2. The van der Waals surface area contributed by atoms with Gasteiger partial charge in [0.15, 0.2) is 0 Å². The summed E-state index contributed by atoms with van der Waals surface area (Å²) in [5.74, 6) is -0.258. The fourth-order valence-electron chi connectivity index (χ4n) is 1.36. The Labute approximate surface area is 113 Å². The lowest BCUT2D eigenvalue weighted by molar-refractivity contribution is 0.0937. The maximum absolute atomic E-state index is 11.8. The molecular weight excluding hydrogens is 268 g/mol. The number of nitrogens with zero attached hydrogens (tertiary/aromatic N) is 1. The number of hydrogen-bond donors (Lipinski definition) is 1. The Hall–Kier alpha value is -1.44. The van der Waals surface area contributed by atoms with Crippen LogP contribution in [0, 0.1) is 0 Å². The first-order chi connectivity index (χ1) is 8.89. The molecule has 1 aromatic carbocycles. The highest BCUT2D eigenvalue weighted by atomic mass is 32.2. The molecule has 106 valence electrons. The van der Waals surface area contributed by atoms with Crippen molar-refractivity contribution in [2.45, 2.75) is 4.90 Å². The summed E-state index contributed by atoms with van der Waals surface area (Å²) in [7, 11) is 1.01. The highest BCUT2D eigenvalue weighted by Gasteiger charge is 2.17. The minimum atomic E-state index is -3.46. The number of amides is 1. The number of nitrogens with one attached hydrogen (secondary N) is 1. The number of rotatable bonds is 6. The lowest BCUT2D eigenvalue weighted by Gasteiger charge is -2.11. The van der Waals surface area contributed by atoms with Crippen molar-refractivity contribution in [3.05, 3.63) is 29.8 Å². The van der Waals surface area contributed by atoms with Crippen molar-refractivity contribution in [1.29, 1.82) is 0 Å². The van der Waals surface area contributed by atoms with E-state index in [0.717, 1.165) is 4.31 Å². The highest BCUT2D eigenvalue weighted by molar-refractivity contribution is 7.89. The van der Waals surface area contributed by atoms with E-state index in [1.165, 1.54) is 38.4 Å². The molecule has 0 heterocycles. The Balaban J connectivity index is 2.80. The SMILES string of the molecule is COCCNC(=O)c1ccc(S(=O)(=O)N(C)C)cc1. The van der Waals surface area contributed by atoms with Gasteiger partial charge in [-0.15, -0.1) is 0 Å². The van der Waals surface area contributed by atoms with Gasteiger partial charge in [-0.25, -0.2) is 12.7 Å². The zero-order chi connectivity index (χ0) is 14.5. The van der Waals surface area contributed by atoms with Crippen molar-refractivity contribution in [3.63, 3.8) is 0 Å². The first-order valence-electron chi connectivity index (χ1n) is 5.69. The Bertz CT molecular complexity index is 523. The average molecular weight is 286 g/mol. The molecule has 0 spiro atoms. The maximum Gasteiger partial charge on any atom is 0.251 e. The van der Waals surface area contributed by atoms with Gasteiger partial charge < -0.3 is 10.1 Å². The van der Waals surface area contributed by atoms with Crippen molar-refractivity contribution in [1.82, 2.24) is 9.62 Å². The summed E-state index contributed by atoms with van der Waals surface area (Å²) in [6.45, 7) is 0.839. The van der Waals surface area contributed by atoms with Gasteiger partial charge in [-0.05, 0) is 24.3 Å². The highest BCUT2D eigenvalue weighted by Crippen LogP contribution is 2.13. The molecule has 0 aliphatic heterocycles. The van der Waals surface area contributed by atoms with Crippen LogP contribution in [0.25, 0.3) is 0 Å². The molecule has 1 N–H and O–H groups in total. The van der Waals surface area contributed by atoms with Gasteiger partial charge in [0.1, 0.15) is 0 Å². The number of benzene rings is 1. The van der Waals surface area contributed by atoms with Crippen molar-refractivity contribution in [3.8, 4) is 0 Å². The topological polar surface area (TPSA) is 75.7 Å². The third kappa shape index (κ3) is 4.02. The van der Waals surface area contributed by atoms with Crippen LogP contribution >= 0.6 is 0 Å². The van der Waals surface area contributed by atoms with Gasteiger partial charge >= 0.3 is 0 Å². The largest absolute Gasteiger partial charge is 0.383 e. The molecule has 0 saturated heterocycles. The summed E-state index contributed by atoms with van der Waals surface area (Å²) in [6, 6.07) is 5.80. The van der Waals surface area contributed by atoms with Gasteiger partial charge in [0.05, 0.1) is 11.5 Å². The van der Waals surface area contributed by atoms with Crippen molar-refractivity contribution >= 4 is 15.9 Å². The van der Waals surface area contributed by atoms with Crippen molar-refractivity contribution in [2.75, 3.05) is 34.4 Å². The van der Waals surface area contributed by atoms with Crippen LogP contribution in [0.5, 0.6) is 0 Å². The Kier molecular flexibility index (Phi) is 5.46. The Morgan fingerprint density at radius 1 is 1.26 bits per heavy atom. The molecule has 1 amide bonds. The van der Waals surface area contributed by atoms with E-state index >= 15 is 0 Å². The molecule has 0 bridgehead atoms. The molecule has 0 fully saturated rings. The molecule has 0 aromatic heterocycles. The monoisotopic (exact) mass is 286 g/mol. The minimum absolute atomic E-state index is 0.158. The standard InChI is InChI=1S/C12H18N2O4S/c1-14(2)19(16,17)11-6-4-10(5-7-11)12(15)13-8-9-18-3/h4-7H,8-9H2,1-3H3,(H,13,15). The zero-order valence-corrected chi connectivity index (χ0v) is 12.0. The van der Waals surface area contributed by atoms with Crippen LogP contribution in [0.1, 0.15) is 10.4 Å². The van der Waals surface area contributed by atoms with Gasteiger partial charge in [0.25, 0.3) is 5.91 Å². The van der Waals surface area contributed by atoms with E-state index in [0.29, 0.717) is 18.7 Å². The van der Waals surface area contributed by atoms with E-state index in [-0.39, 0.29) is 10.8 Å². The minimum Gasteiger partial charge on any atom is -0.383 e. The van der Waals surface area contributed by atoms with Crippen LogP contribution < -0.4 is 5.32 Å². The molecule has 1 rings (SSSR count). The van der Waals surface area contributed by atoms with Crippen molar-refractivity contribution < 1.29 is 17.9 Å². The van der Waals surface area contributed by atoms with E-state index < -0.39 is 10.0 Å². The summed E-state index contributed by atoms with van der Waals surface area (Å²) in [5.41, 5.74) is 0.411. The molecule has 0 unspecified atom stereocenters. The van der Waals surface area contributed by atoms with Gasteiger partial charge in [-0.1, -0.05) is 0 Å². The predicted molar refractivity (Wildman–Crippen MR) is 71.5 cm³/mol. The summed E-state index contributed by atoms with van der Waals surface area (Å²) in [5, 5.41) is 2.66. The lowest BCUT2D eigenvalue weighted by Crippen LogP contribution is -2.27. The van der Waals surface area contributed by atoms with Gasteiger partial charge in [-0.2, -0.15) is 0 Å². The summed E-state index contributed by atoms with van der Waals surface area (Å²) < 4.78 is 29.6. The van der Waals surface area contributed by atoms with Gasteiger partial charge in [0.2, 0.25) is 10.0 Å². The number of ether oxygens (including phenoxy) is 1. The summed E-state index contributed by atoms with van der Waals surface area (Å²) in [6.07, 6.45) is 0. The van der Waals surface area contributed by atoms with Gasteiger partial charge in [-0.3, -0.25) is 4.79 Å². The molecule has 0 radical (unpaired) electrons. The third-order valence-corrected chi connectivity index (χ3v) is 4.32. The fraction of sp³-hybridized carbons (Fsp3) is 0.417. The van der Waals surface area contributed by atoms with E-state index in [4.69, 9.17) is 4.74 Å². The van der Waals surface area contributed by atoms with E-state index in [1.54, 1.807) is 7.11 Å². The molecule has 7 heteroatoms. The van der Waals surface area contributed by atoms with Crippen LogP contribution in [-0.2, 0) is 14.8 Å². The maximum atomic E-state index is 11.8. The number of methoxy groups -OCH3 is 1. The lowest BCUT2D eigenvalue weighted by atomic mass is 10.2. The molecule has 1 aromatic rings. The summed E-state index contributed by atoms with van der Waals surface area (Å²) in [4.78, 5) is 11.8. The molecule has 0 atom stereocenters. The van der Waals surface area contributed by atoms with Crippen molar-refractivity contribution in [2.24, 2.45) is 0 Å². The fourth-order valence-corrected chi connectivity index (χ4v) is 2.26. The molecular formula is C12H18N2O4S. The second kappa shape index (κ2) is 6.65. The number of carbonyl (C=O) groups excluding carboxylic acids is 1. The third-order valence-electron chi connectivity index (χ3n) is 2.49. The van der Waals surface area contributed by atoms with E-state index in [9.17, 15) is 13.2 Å². The molecule has 6 nitrogen and oxygen atoms in total. The van der Waals surface area contributed by atoms with Crippen LogP contribution in [-0.4, -0.2) is 53.0 Å². The first-order valence-corrected chi connectivity index (χ1v) is 7.13. The molecule has 19 heavy (non-hydrogen) atoms. The Morgan fingerprint density at radius 3 is 2.32 bits per heavy atom. The molecule has 0 aliphatic rings. The number of sulfonamides is 1. The van der Waals surface area contributed by atoms with E-state index in [1.807, 2.05) is 0 Å². The van der Waals surface area contributed by atoms with Crippen LogP contribution in [0.3, 0.4) is 0 Å². The van der Waals surface area contributed by atoms with E-state index in [2.05, 4.69) is 5.32 Å². The quantitative estimate of drug-likeness (QED) is 0.764. The Morgan fingerprint density at radius 2 is 1.84 bits per heavy atom. The number of carbonyl (C=O) groups is 1.